The Kier molecular flexibility index (Phi) is 4.61. The standard InChI is InChI=1S/C21H20FNO/c1-15(12-16-6-5-9-19(22)13-16)21(24)23(2)20-11-10-17-7-3-4-8-18(17)14-20/h3-11,13-15H,12H2,1-2H3/t15-/m0/s1. The summed E-state index contributed by atoms with van der Waals surface area (Å²) < 4.78 is 13.3. The molecule has 3 aromatic carbocycles. The first-order chi connectivity index (χ1) is 11.5. The number of fused-ring (bicyclic) bond motifs is 1. The highest BCUT2D eigenvalue weighted by Gasteiger charge is 2.19. The van der Waals surface area contributed by atoms with E-state index >= 15 is 0 Å². The normalized spacial score (nSPS) is 12.1. The maximum absolute atomic E-state index is 13.3. The van der Waals surface area contributed by atoms with Gasteiger partial charge in [0.25, 0.3) is 0 Å². The van der Waals surface area contributed by atoms with Crippen molar-refractivity contribution in [3.8, 4) is 0 Å². The summed E-state index contributed by atoms with van der Waals surface area (Å²) in [5, 5.41) is 2.25. The van der Waals surface area contributed by atoms with Crippen molar-refractivity contribution < 1.29 is 9.18 Å². The van der Waals surface area contributed by atoms with Gasteiger partial charge < -0.3 is 4.90 Å². The van der Waals surface area contributed by atoms with E-state index in [2.05, 4.69) is 0 Å². The summed E-state index contributed by atoms with van der Waals surface area (Å²) in [4.78, 5) is 14.4. The van der Waals surface area contributed by atoms with Gasteiger partial charge in [0.15, 0.2) is 0 Å². The summed E-state index contributed by atoms with van der Waals surface area (Å²) in [5.74, 6) is -0.465. The van der Waals surface area contributed by atoms with Crippen LogP contribution < -0.4 is 4.90 Å². The average Bonchev–Trinajstić information content (AvgIpc) is 2.60. The molecule has 2 nitrogen and oxygen atoms in total. The van der Waals surface area contributed by atoms with Gasteiger partial charge in [0.05, 0.1) is 0 Å². The van der Waals surface area contributed by atoms with Gasteiger partial charge in [0, 0.05) is 18.7 Å². The highest BCUT2D eigenvalue weighted by molar-refractivity contribution is 5.97. The molecule has 3 aromatic rings. The summed E-state index contributed by atoms with van der Waals surface area (Å²) in [6, 6.07) is 20.5. The number of amides is 1. The first-order valence-electron chi connectivity index (χ1n) is 8.05. The van der Waals surface area contributed by atoms with Crippen LogP contribution in [0.25, 0.3) is 10.8 Å². The molecule has 0 saturated heterocycles. The number of nitrogens with zero attached hydrogens (tertiary/aromatic N) is 1. The van der Waals surface area contributed by atoms with Crippen LogP contribution in [0.4, 0.5) is 10.1 Å². The van der Waals surface area contributed by atoms with E-state index < -0.39 is 0 Å². The summed E-state index contributed by atoms with van der Waals surface area (Å²) in [5.41, 5.74) is 1.70. The highest BCUT2D eigenvalue weighted by Crippen LogP contribution is 2.23. The Hall–Kier alpha value is -2.68. The van der Waals surface area contributed by atoms with E-state index in [1.54, 1.807) is 18.0 Å². The van der Waals surface area contributed by atoms with Gasteiger partial charge in [-0.1, -0.05) is 49.4 Å². The lowest BCUT2D eigenvalue weighted by molar-refractivity contribution is -0.121. The zero-order valence-corrected chi connectivity index (χ0v) is 13.9. The molecule has 0 aliphatic rings. The van der Waals surface area contributed by atoms with Gasteiger partial charge in [0.1, 0.15) is 5.82 Å². The summed E-state index contributed by atoms with van der Waals surface area (Å²) in [6.07, 6.45) is 0.522. The molecule has 24 heavy (non-hydrogen) atoms. The summed E-state index contributed by atoms with van der Waals surface area (Å²) in [7, 11) is 1.79. The molecule has 0 aliphatic heterocycles. The minimum atomic E-state index is -0.268. The van der Waals surface area contributed by atoms with Gasteiger partial charge in [-0.05, 0) is 47.0 Å². The molecule has 0 heterocycles. The molecule has 1 amide bonds. The largest absolute Gasteiger partial charge is 0.315 e. The van der Waals surface area contributed by atoms with Gasteiger partial charge >= 0.3 is 0 Å². The Labute approximate surface area is 141 Å². The lowest BCUT2D eigenvalue weighted by atomic mass is 9.99. The fraction of sp³-hybridized carbons (Fsp3) is 0.190. The smallest absolute Gasteiger partial charge is 0.229 e. The Bertz CT molecular complexity index is 874. The van der Waals surface area contributed by atoms with E-state index in [9.17, 15) is 9.18 Å². The summed E-state index contributed by atoms with van der Waals surface area (Å²) in [6.45, 7) is 1.88. The minimum absolute atomic E-state index is 0.0227. The van der Waals surface area contributed by atoms with Crippen molar-refractivity contribution in [2.45, 2.75) is 13.3 Å². The number of rotatable bonds is 4. The quantitative estimate of drug-likeness (QED) is 0.674. The van der Waals surface area contributed by atoms with Gasteiger partial charge in [-0.25, -0.2) is 4.39 Å². The fourth-order valence-electron chi connectivity index (χ4n) is 2.95. The predicted octanol–water partition coefficient (Wildman–Crippen LogP) is 4.82. The van der Waals surface area contributed by atoms with E-state index in [0.717, 1.165) is 22.0 Å². The Balaban J connectivity index is 1.77. The first kappa shape index (κ1) is 16.2. The van der Waals surface area contributed by atoms with Crippen LogP contribution in [-0.4, -0.2) is 13.0 Å². The highest BCUT2D eigenvalue weighted by atomic mass is 19.1. The lowest BCUT2D eigenvalue weighted by Crippen LogP contribution is -2.32. The summed E-state index contributed by atoms with van der Waals surface area (Å²) >= 11 is 0. The molecule has 0 aromatic heterocycles. The zero-order chi connectivity index (χ0) is 17.1. The molecule has 1 atom stereocenters. The van der Waals surface area contributed by atoms with Crippen molar-refractivity contribution in [1.29, 1.82) is 0 Å². The number of anilines is 1. The van der Waals surface area contributed by atoms with E-state index in [1.807, 2.05) is 55.5 Å². The Morgan fingerprint density at radius 1 is 1.00 bits per heavy atom. The fourth-order valence-corrected chi connectivity index (χ4v) is 2.95. The van der Waals surface area contributed by atoms with Crippen LogP contribution in [0.3, 0.4) is 0 Å². The molecule has 0 saturated carbocycles. The molecule has 0 aliphatic carbocycles. The van der Waals surface area contributed by atoms with Gasteiger partial charge in [-0.15, -0.1) is 0 Å². The second-order valence-electron chi connectivity index (χ2n) is 6.16. The molecular formula is C21H20FNO. The van der Waals surface area contributed by atoms with Crippen molar-refractivity contribution >= 4 is 22.4 Å². The van der Waals surface area contributed by atoms with E-state index in [1.165, 1.54) is 12.1 Å². The van der Waals surface area contributed by atoms with Crippen molar-refractivity contribution in [2.24, 2.45) is 5.92 Å². The van der Waals surface area contributed by atoms with Crippen LogP contribution in [0.5, 0.6) is 0 Å². The van der Waals surface area contributed by atoms with Crippen LogP contribution in [0.15, 0.2) is 66.7 Å². The monoisotopic (exact) mass is 321 g/mol. The van der Waals surface area contributed by atoms with Crippen molar-refractivity contribution in [1.82, 2.24) is 0 Å². The molecule has 0 spiro atoms. The predicted molar refractivity (Wildman–Crippen MR) is 96.6 cm³/mol. The number of hydrogen-bond acceptors (Lipinski definition) is 1. The van der Waals surface area contributed by atoms with Gasteiger partial charge in [0.2, 0.25) is 5.91 Å². The van der Waals surface area contributed by atoms with Gasteiger partial charge in [-0.2, -0.15) is 0 Å². The molecule has 0 fully saturated rings. The van der Waals surface area contributed by atoms with Crippen LogP contribution >= 0.6 is 0 Å². The second kappa shape index (κ2) is 6.83. The van der Waals surface area contributed by atoms with Crippen LogP contribution in [-0.2, 0) is 11.2 Å². The molecule has 3 heteroatoms. The third-order valence-corrected chi connectivity index (χ3v) is 4.30. The van der Waals surface area contributed by atoms with Crippen molar-refractivity contribution in [3.63, 3.8) is 0 Å². The molecule has 122 valence electrons. The SMILES string of the molecule is C[C@@H](Cc1cccc(F)c1)C(=O)N(C)c1ccc2ccccc2c1. The third-order valence-electron chi connectivity index (χ3n) is 4.30. The van der Waals surface area contributed by atoms with E-state index in [4.69, 9.17) is 0 Å². The molecule has 0 radical (unpaired) electrons. The molecule has 3 rings (SSSR count). The topological polar surface area (TPSA) is 20.3 Å². The molecular weight excluding hydrogens is 301 g/mol. The number of halogens is 1. The van der Waals surface area contributed by atoms with E-state index in [0.29, 0.717) is 6.42 Å². The van der Waals surface area contributed by atoms with Crippen LogP contribution in [0.2, 0.25) is 0 Å². The minimum Gasteiger partial charge on any atom is -0.315 e. The van der Waals surface area contributed by atoms with Crippen molar-refractivity contribution in [2.75, 3.05) is 11.9 Å². The number of hydrogen-bond donors (Lipinski definition) is 0. The maximum Gasteiger partial charge on any atom is 0.229 e. The third kappa shape index (κ3) is 3.46. The number of benzene rings is 3. The first-order valence-corrected chi connectivity index (χ1v) is 8.05. The number of carbonyl (C=O) groups excluding carboxylic acids is 1. The molecule has 0 bridgehead atoms. The maximum atomic E-state index is 13.3. The number of carbonyl (C=O) groups is 1. The zero-order valence-electron chi connectivity index (χ0n) is 13.9. The van der Waals surface area contributed by atoms with Crippen LogP contribution in [0, 0.1) is 11.7 Å². The Morgan fingerprint density at radius 3 is 2.50 bits per heavy atom. The van der Waals surface area contributed by atoms with Crippen LogP contribution in [0.1, 0.15) is 12.5 Å². The lowest BCUT2D eigenvalue weighted by Gasteiger charge is -2.22. The van der Waals surface area contributed by atoms with Gasteiger partial charge in [-0.3, -0.25) is 4.79 Å². The molecule has 0 unspecified atom stereocenters. The Morgan fingerprint density at radius 2 is 1.75 bits per heavy atom. The molecule has 0 N–H and O–H groups in total. The average molecular weight is 321 g/mol. The van der Waals surface area contributed by atoms with Crippen molar-refractivity contribution in [3.05, 3.63) is 78.1 Å². The second-order valence-corrected chi connectivity index (χ2v) is 6.16. The van der Waals surface area contributed by atoms with E-state index in [-0.39, 0.29) is 17.6 Å².